The number of nitrogens with zero attached hydrogens (tertiary/aromatic N) is 2. The number of alkyl halides is 3. The number of hydrazone groups is 1. The molecule has 0 aliphatic carbocycles. The van der Waals surface area contributed by atoms with Crippen molar-refractivity contribution in [3.05, 3.63) is 29.1 Å². The molecule has 1 aromatic carbocycles. The van der Waals surface area contributed by atoms with E-state index in [0.29, 0.717) is 6.42 Å². The monoisotopic (exact) mass is 410 g/mol. The van der Waals surface area contributed by atoms with Gasteiger partial charge in [-0.05, 0) is 6.42 Å². The predicted molar refractivity (Wildman–Crippen MR) is 80.9 cm³/mol. The Balaban J connectivity index is 2.72. The molecule has 2 rings (SSSR count). The minimum atomic E-state index is -2.62. The quantitative estimate of drug-likeness (QED) is 0.335. The third-order valence-corrected chi connectivity index (χ3v) is 4.34. The van der Waals surface area contributed by atoms with E-state index in [1.54, 1.807) is 6.92 Å². The summed E-state index contributed by atoms with van der Waals surface area (Å²) >= 11 is 17.0. The van der Waals surface area contributed by atoms with E-state index in [9.17, 15) is 27.1 Å². The lowest BCUT2D eigenvalue weighted by molar-refractivity contribution is 0.0546. The molecule has 1 N–H and O–H groups in total. The molecule has 0 saturated heterocycles. The van der Waals surface area contributed by atoms with Crippen LogP contribution in [-0.4, -0.2) is 20.3 Å². The summed E-state index contributed by atoms with van der Waals surface area (Å²) in [5.41, 5.74) is -3.94. The van der Waals surface area contributed by atoms with Crippen LogP contribution in [0.25, 0.3) is 0 Å². The summed E-state index contributed by atoms with van der Waals surface area (Å²) in [6.07, 6.45) is 0.339. The number of halogens is 8. The number of aliphatic hydroxyl groups is 1. The smallest absolute Gasteiger partial charge is 0.239 e. The molecule has 0 saturated carbocycles. The van der Waals surface area contributed by atoms with Crippen LogP contribution in [0.15, 0.2) is 5.10 Å². The van der Waals surface area contributed by atoms with Gasteiger partial charge >= 0.3 is 0 Å². The van der Waals surface area contributed by atoms with Crippen LogP contribution < -0.4 is 5.01 Å². The Labute approximate surface area is 148 Å². The van der Waals surface area contributed by atoms with Crippen LogP contribution in [0.5, 0.6) is 0 Å². The molecule has 1 heterocycles. The average molecular weight is 412 g/mol. The van der Waals surface area contributed by atoms with E-state index in [-0.39, 0.29) is 17.1 Å². The van der Waals surface area contributed by atoms with Gasteiger partial charge in [-0.3, -0.25) is 0 Å². The largest absolute Gasteiger partial charge is 0.365 e. The van der Waals surface area contributed by atoms with Crippen molar-refractivity contribution in [2.75, 3.05) is 5.01 Å². The Hall–Kier alpha value is -0.830. The molecule has 1 aliphatic rings. The fourth-order valence-corrected chi connectivity index (χ4v) is 2.72. The molecule has 11 heteroatoms. The SMILES string of the molecule is CCCC1=NN(c2c(F)c(F)c(F)c(F)c2F)C(O)(C(Cl)(Cl)Cl)C1. The van der Waals surface area contributed by atoms with E-state index in [1.807, 2.05) is 0 Å². The molecule has 1 aliphatic heterocycles. The summed E-state index contributed by atoms with van der Waals surface area (Å²) in [5, 5.41) is 14.4. The Morgan fingerprint density at radius 2 is 1.50 bits per heavy atom. The predicted octanol–water partition coefficient (Wildman–Crippen LogP) is 4.81. The maximum absolute atomic E-state index is 14.0. The summed E-state index contributed by atoms with van der Waals surface area (Å²) in [6.45, 7) is 1.75. The van der Waals surface area contributed by atoms with E-state index < -0.39 is 50.7 Å². The van der Waals surface area contributed by atoms with E-state index in [4.69, 9.17) is 34.8 Å². The first kappa shape index (κ1) is 19.5. The summed E-state index contributed by atoms with van der Waals surface area (Å²) in [7, 11) is 0. The molecule has 0 spiro atoms. The fourth-order valence-electron chi connectivity index (χ4n) is 2.28. The van der Waals surface area contributed by atoms with Crippen LogP contribution in [0.3, 0.4) is 0 Å². The first-order valence-corrected chi connectivity index (χ1v) is 7.76. The van der Waals surface area contributed by atoms with Gasteiger partial charge in [0.25, 0.3) is 0 Å². The minimum Gasteiger partial charge on any atom is -0.365 e. The molecule has 1 aromatic rings. The molecular formula is C13H10Cl3F5N2O. The highest BCUT2D eigenvalue weighted by Gasteiger charge is 2.57. The van der Waals surface area contributed by atoms with E-state index in [0.717, 1.165) is 0 Å². The fraction of sp³-hybridized carbons (Fsp3) is 0.462. The van der Waals surface area contributed by atoms with Crippen molar-refractivity contribution in [2.24, 2.45) is 5.10 Å². The van der Waals surface area contributed by atoms with Gasteiger partial charge in [0.1, 0.15) is 5.69 Å². The maximum atomic E-state index is 14.0. The van der Waals surface area contributed by atoms with Gasteiger partial charge in [-0.1, -0.05) is 48.1 Å². The van der Waals surface area contributed by atoms with Crippen molar-refractivity contribution in [1.82, 2.24) is 0 Å². The molecule has 1 unspecified atom stereocenters. The molecule has 1 atom stereocenters. The van der Waals surface area contributed by atoms with Crippen molar-refractivity contribution in [3.63, 3.8) is 0 Å². The lowest BCUT2D eigenvalue weighted by Gasteiger charge is -2.37. The van der Waals surface area contributed by atoms with Crippen LogP contribution >= 0.6 is 34.8 Å². The number of benzene rings is 1. The molecular weight excluding hydrogens is 402 g/mol. The van der Waals surface area contributed by atoms with Crippen molar-refractivity contribution >= 4 is 46.2 Å². The normalized spacial score (nSPS) is 21.4. The Morgan fingerprint density at radius 3 is 1.92 bits per heavy atom. The molecule has 24 heavy (non-hydrogen) atoms. The number of rotatable bonds is 3. The molecule has 0 aromatic heterocycles. The van der Waals surface area contributed by atoms with Crippen molar-refractivity contribution in [2.45, 2.75) is 35.7 Å². The summed E-state index contributed by atoms with van der Waals surface area (Å²) in [5.74, 6) is -11.1. The Morgan fingerprint density at radius 1 is 1.04 bits per heavy atom. The Bertz CT molecular complexity index is 681. The lowest BCUT2D eigenvalue weighted by atomic mass is 10.0. The van der Waals surface area contributed by atoms with Gasteiger partial charge in [0.2, 0.25) is 15.3 Å². The van der Waals surface area contributed by atoms with Gasteiger partial charge in [0, 0.05) is 12.1 Å². The third kappa shape index (κ3) is 2.94. The van der Waals surface area contributed by atoms with Crippen LogP contribution in [0, 0.1) is 29.1 Å². The molecule has 0 fully saturated rings. The zero-order valence-electron chi connectivity index (χ0n) is 12.0. The molecule has 0 amide bonds. The third-order valence-electron chi connectivity index (χ3n) is 3.43. The van der Waals surface area contributed by atoms with Crippen LogP contribution in [0.4, 0.5) is 27.6 Å². The van der Waals surface area contributed by atoms with Crippen molar-refractivity contribution < 1.29 is 27.1 Å². The number of hydrogen-bond donors (Lipinski definition) is 1. The number of hydrogen-bond acceptors (Lipinski definition) is 3. The van der Waals surface area contributed by atoms with E-state index in [2.05, 4.69) is 5.10 Å². The molecule has 0 bridgehead atoms. The van der Waals surface area contributed by atoms with Gasteiger partial charge in [-0.2, -0.15) is 5.10 Å². The van der Waals surface area contributed by atoms with Crippen molar-refractivity contribution in [3.8, 4) is 0 Å². The highest BCUT2D eigenvalue weighted by atomic mass is 35.6. The topological polar surface area (TPSA) is 35.8 Å². The summed E-state index contributed by atoms with van der Waals surface area (Å²) in [4.78, 5) is 0. The van der Waals surface area contributed by atoms with Gasteiger partial charge in [0.15, 0.2) is 23.3 Å². The van der Waals surface area contributed by atoms with Crippen LogP contribution in [0.1, 0.15) is 26.2 Å². The summed E-state index contributed by atoms with van der Waals surface area (Å²) < 4.78 is 65.6. The second-order valence-electron chi connectivity index (χ2n) is 5.14. The zero-order valence-corrected chi connectivity index (χ0v) is 14.3. The summed E-state index contributed by atoms with van der Waals surface area (Å²) in [6, 6.07) is 0. The van der Waals surface area contributed by atoms with Gasteiger partial charge < -0.3 is 5.11 Å². The lowest BCUT2D eigenvalue weighted by Crippen LogP contribution is -2.54. The van der Waals surface area contributed by atoms with Crippen LogP contribution in [0.2, 0.25) is 0 Å². The first-order valence-electron chi connectivity index (χ1n) is 6.62. The van der Waals surface area contributed by atoms with E-state index >= 15 is 0 Å². The second-order valence-corrected chi connectivity index (χ2v) is 7.42. The van der Waals surface area contributed by atoms with Gasteiger partial charge in [-0.25, -0.2) is 27.0 Å². The maximum Gasteiger partial charge on any atom is 0.239 e. The van der Waals surface area contributed by atoms with Gasteiger partial charge in [0.05, 0.1) is 0 Å². The van der Waals surface area contributed by atoms with Crippen LogP contribution in [-0.2, 0) is 0 Å². The van der Waals surface area contributed by atoms with Crippen molar-refractivity contribution in [1.29, 1.82) is 0 Å². The zero-order chi connectivity index (χ0) is 18.4. The second kappa shape index (κ2) is 6.48. The number of anilines is 1. The average Bonchev–Trinajstić information content (AvgIpc) is 2.81. The standard InChI is InChI=1S/C13H10Cl3F5N2O/c1-2-3-5-4-12(24,13(14,15)16)23(22-5)11-9(20)7(18)6(17)8(19)10(11)21/h24H,2-4H2,1H3. The molecule has 134 valence electrons. The minimum absolute atomic E-state index is 0.140. The van der Waals surface area contributed by atoms with Gasteiger partial charge in [-0.15, -0.1) is 0 Å². The van der Waals surface area contributed by atoms with E-state index in [1.165, 1.54) is 0 Å². The highest BCUT2D eigenvalue weighted by Crippen LogP contribution is 2.49. The Kier molecular flexibility index (Phi) is 5.26. The molecule has 0 radical (unpaired) electrons. The highest BCUT2D eigenvalue weighted by molar-refractivity contribution is 6.68. The molecule has 3 nitrogen and oxygen atoms in total. The first-order chi connectivity index (χ1) is 11.0.